The van der Waals surface area contributed by atoms with Gasteiger partial charge in [0.05, 0.1) is 10.0 Å². The maximum Gasteiger partial charge on any atom is 0.0563 e. The van der Waals surface area contributed by atoms with E-state index in [0.717, 1.165) is 42.4 Å². The second-order valence-electron chi connectivity index (χ2n) is 4.92. The Hall–Kier alpha value is -1.76. The summed E-state index contributed by atoms with van der Waals surface area (Å²) in [5, 5.41) is 7.91. The quantitative estimate of drug-likeness (QED) is 0.327. The molecule has 0 amide bonds. The van der Waals surface area contributed by atoms with Crippen LogP contribution in [0.2, 0.25) is 10.0 Å². The van der Waals surface area contributed by atoms with Crippen LogP contribution in [0.1, 0.15) is 0 Å². The van der Waals surface area contributed by atoms with E-state index in [2.05, 4.69) is 24.3 Å². The topological polar surface area (TPSA) is 0 Å². The Morgan fingerprint density at radius 1 is 0.500 bits per heavy atom. The normalized spacial score (nSPS) is 11.5. The number of hydrogen-bond acceptors (Lipinski definition) is 0. The van der Waals surface area contributed by atoms with Gasteiger partial charge in [0.25, 0.3) is 0 Å². The molecule has 4 aromatic rings. The largest absolute Gasteiger partial charge is 0.0830 e. The van der Waals surface area contributed by atoms with Crippen LogP contribution in [-0.2, 0) is 0 Å². The van der Waals surface area contributed by atoms with E-state index in [9.17, 15) is 0 Å². The van der Waals surface area contributed by atoms with Crippen molar-refractivity contribution in [1.29, 1.82) is 0 Å². The van der Waals surface area contributed by atoms with Crippen LogP contribution in [0.15, 0.2) is 60.7 Å². The summed E-state index contributed by atoms with van der Waals surface area (Å²) in [6, 6.07) is 20.5. The zero-order chi connectivity index (χ0) is 13.7. The zero-order valence-corrected chi connectivity index (χ0v) is 12.0. The van der Waals surface area contributed by atoms with Crippen molar-refractivity contribution in [2.45, 2.75) is 0 Å². The van der Waals surface area contributed by atoms with Crippen LogP contribution in [-0.4, -0.2) is 0 Å². The molecular weight excluding hydrogens is 287 g/mol. The number of rotatable bonds is 0. The highest BCUT2D eigenvalue weighted by atomic mass is 35.5. The zero-order valence-electron chi connectivity index (χ0n) is 10.5. The van der Waals surface area contributed by atoms with E-state index in [1.54, 1.807) is 0 Å². The third-order valence-corrected chi connectivity index (χ3v) is 4.57. The van der Waals surface area contributed by atoms with Crippen LogP contribution in [0, 0.1) is 0 Å². The van der Waals surface area contributed by atoms with Gasteiger partial charge in [0.1, 0.15) is 0 Å². The van der Waals surface area contributed by atoms with Gasteiger partial charge in [0, 0.05) is 21.5 Å². The molecule has 0 unspecified atom stereocenters. The summed E-state index contributed by atoms with van der Waals surface area (Å²) < 4.78 is 0. The van der Waals surface area contributed by atoms with Crippen LogP contribution in [0.4, 0.5) is 0 Å². The predicted octanol–water partition coefficient (Wildman–Crippen LogP) is 6.45. The van der Waals surface area contributed by atoms with Crippen LogP contribution < -0.4 is 0 Å². The summed E-state index contributed by atoms with van der Waals surface area (Å²) in [7, 11) is 0. The number of benzene rings is 4. The summed E-state index contributed by atoms with van der Waals surface area (Å²) in [6.45, 7) is 0. The van der Waals surface area contributed by atoms with E-state index in [-0.39, 0.29) is 0 Å². The standard InChI is InChI=1S/C18H10Cl2/c19-17-13-7-3-1-5-11(13)9-15-16(17)10-12-6-2-4-8-14(12)18(15)20/h1-10H. The monoisotopic (exact) mass is 296 g/mol. The first kappa shape index (κ1) is 12.0. The van der Waals surface area contributed by atoms with Crippen molar-refractivity contribution in [2.75, 3.05) is 0 Å². The van der Waals surface area contributed by atoms with Crippen molar-refractivity contribution in [1.82, 2.24) is 0 Å². The number of hydrogen-bond donors (Lipinski definition) is 0. The molecule has 0 bridgehead atoms. The summed E-state index contributed by atoms with van der Waals surface area (Å²) in [4.78, 5) is 0. The minimum Gasteiger partial charge on any atom is -0.0830 e. The van der Waals surface area contributed by atoms with E-state index in [4.69, 9.17) is 23.2 Å². The Labute approximate surface area is 126 Å². The molecule has 0 aliphatic carbocycles. The lowest BCUT2D eigenvalue weighted by molar-refractivity contribution is 1.77. The Kier molecular flexibility index (Phi) is 2.63. The SMILES string of the molecule is Clc1c2ccccc2cc2c(Cl)c3ccccc3cc12. The molecule has 0 N–H and O–H groups in total. The number of fused-ring (bicyclic) bond motifs is 3. The lowest BCUT2D eigenvalue weighted by Crippen LogP contribution is -1.83. The first-order valence-corrected chi connectivity index (χ1v) is 7.19. The third-order valence-electron chi connectivity index (χ3n) is 3.76. The summed E-state index contributed by atoms with van der Waals surface area (Å²) in [5.74, 6) is 0. The highest BCUT2D eigenvalue weighted by Crippen LogP contribution is 2.39. The maximum absolute atomic E-state index is 6.59. The van der Waals surface area contributed by atoms with E-state index in [1.807, 2.05) is 36.4 Å². The highest BCUT2D eigenvalue weighted by Gasteiger charge is 2.11. The fourth-order valence-corrected chi connectivity index (χ4v) is 3.42. The van der Waals surface area contributed by atoms with Crippen molar-refractivity contribution in [3.8, 4) is 0 Å². The smallest absolute Gasteiger partial charge is 0.0563 e. The van der Waals surface area contributed by atoms with Crippen LogP contribution in [0.5, 0.6) is 0 Å². The molecule has 0 aromatic heterocycles. The molecule has 0 radical (unpaired) electrons. The molecule has 0 heterocycles. The van der Waals surface area contributed by atoms with Crippen LogP contribution in [0.25, 0.3) is 32.3 Å². The van der Waals surface area contributed by atoms with Gasteiger partial charge in [-0.05, 0) is 22.9 Å². The van der Waals surface area contributed by atoms with Crippen molar-refractivity contribution in [2.24, 2.45) is 0 Å². The first-order valence-electron chi connectivity index (χ1n) is 6.44. The molecule has 0 nitrogen and oxygen atoms in total. The van der Waals surface area contributed by atoms with Gasteiger partial charge >= 0.3 is 0 Å². The Bertz CT molecular complexity index is 890. The van der Waals surface area contributed by atoms with Gasteiger partial charge in [-0.25, -0.2) is 0 Å². The lowest BCUT2D eigenvalue weighted by atomic mass is 9.99. The Morgan fingerprint density at radius 2 is 0.900 bits per heavy atom. The van der Waals surface area contributed by atoms with Crippen molar-refractivity contribution >= 4 is 55.5 Å². The van der Waals surface area contributed by atoms with E-state index < -0.39 is 0 Å². The van der Waals surface area contributed by atoms with Crippen molar-refractivity contribution in [3.63, 3.8) is 0 Å². The van der Waals surface area contributed by atoms with Gasteiger partial charge in [-0.3, -0.25) is 0 Å². The predicted molar refractivity (Wildman–Crippen MR) is 89.0 cm³/mol. The maximum atomic E-state index is 6.59. The van der Waals surface area contributed by atoms with Crippen molar-refractivity contribution in [3.05, 3.63) is 70.7 Å². The second kappa shape index (κ2) is 4.37. The lowest BCUT2D eigenvalue weighted by Gasteiger charge is -2.10. The molecule has 0 aliphatic heterocycles. The summed E-state index contributed by atoms with van der Waals surface area (Å²) >= 11 is 13.2. The molecule has 2 heteroatoms. The van der Waals surface area contributed by atoms with E-state index in [1.165, 1.54) is 0 Å². The summed E-state index contributed by atoms with van der Waals surface area (Å²) in [6.07, 6.45) is 0. The molecule has 96 valence electrons. The van der Waals surface area contributed by atoms with E-state index in [0.29, 0.717) is 0 Å². The van der Waals surface area contributed by atoms with Crippen LogP contribution >= 0.6 is 23.2 Å². The molecule has 0 saturated heterocycles. The van der Waals surface area contributed by atoms with Gasteiger partial charge in [0.15, 0.2) is 0 Å². The summed E-state index contributed by atoms with van der Waals surface area (Å²) in [5.41, 5.74) is 0. The third kappa shape index (κ3) is 1.62. The Balaban J connectivity index is 2.31. The van der Waals surface area contributed by atoms with Gasteiger partial charge in [-0.2, -0.15) is 0 Å². The van der Waals surface area contributed by atoms with E-state index >= 15 is 0 Å². The molecule has 0 spiro atoms. The first-order chi connectivity index (χ1) is 9.75. The molecule has 0 fully saturated rings. The second-order valence-corrected chi connectivity index (χ2v) is 5.67. The highest BCUT2D eigenvalue weighted by molar-refractivity contribution is 6.46. The molecule has 0 atom stereocenters. The molecule has 4 rings (SSSR count). The van der Waals surface area contributed by atoms with Gasteiger partial charge in [-0.15, -0.1) is 0 Å². The molecule has 20 heavy (non-hydrogen) atoms. The Morgan fingerprint density at radius 3 is 1.35 bits per heavy atom. The molecular formula is C18H10Cl2. The van der Waals surface area contributed by atoms with Gasteiger partial charge in [-0.1, -0.05) is 71.7 Å². The van der Waals surface area contributed by atoms with Crippen molar-refractivity contribution < 1.29 is 0 Å². The fraction of sp³-hybridized carbons (Fsp3) is 0. The average molecular weight is 297 g/mol. The van der Waals surface area contributed by atoms with Crippen LogP contribution in [0.3, 0.4) is 0 Å². The van der Waals surface area contributed by atoms with Gasteiger partial charge in [0.2, 0.25) is 0 Å². The minimum absolute atomic E-state index is 0.769. The molecule has 4 aromatic carbocycles. The fourth-order valence-electron chi connectivity index (χ4n) is 2.77. The molecule has 0 saturated carbocycles. The van der Waals surface area contributed by atoms with Gasteiger partial charge < -0.3 is 0 Å². The average Bonchev–Trinajstić information content (AvgIpc) is 2.49. The number of halogens is 2. The molecule has 0 aliphatic rings. The minimum atomic E-state index is 0.769.